The molecule has 3 heteroatoms. The van der Waals surface area contributed by atoms with Crippen LogP contribution in [0.3, 0.4) is 0 Å². The minimum Gasteiger partial charge on any atom is -0.497 e. The van der Waals surface area contributed by atoms with Crippen molar-refractivity contribution in [3.8, 4) is 5.75 Å². The maximum atomic E-state index is 14.4. The summed E-state index contributed by atoms with van der Waals surface area (Å²) in [7, 11) is 1.64. The summed E-state index contributed by atoms with van der Waals surface area (Å²) in [4.78, 5) is 0. The monoisotopic (exact) mass is 237 g/mol. The number of ether oxygens (including phenoxy) is 1. The number of nitrogens with two attached hydrogens (primary N) is 1. The summed E-state index contributed by atoms with van der Waals surface area (Å²) in [5.74, 6) is 1.03. The zero-order valence-corrected chi connectivity index (χ0v) is 10.3. The van der Waals surface area contributed by atoms with Gasteiger partial charge in [0.1, 0.15) is 11.4 Å². The van der Waals surface area contributed by atoms with Crippen LogP contribution >= 0.6 is 0 Å². The van der Waals surface area contributed by atoms with Crippen molar-refractivity contribution in [3.05, 3.63) is 29.8 Å². The lowest BCUT2D eigenvalue weighted by atomic mass is 9.92. The third kappa shape index (κ3) is 2.97. The average Bonchev–Trinajstić information content (AvgIpc) is 3.21. The summed E-state index contributed by atoms with van der Waals surface area (Å²) < 4.78 is 19.5. The molecule has 0 saturated heterocycles. The van der Waals surface area contributed by atoms with Crippen molar-refractivity contribution in [2.24, 2.45) is 11.7 Å². The second-order valence-corrected chi connectivity index (χ2v) is 4.86. The molecule has 1 aliphatic carbocycles. The first-order chi connectivity index (χ1) is 8.18. The molecule has 17 heavy (non-hydrogen) atoms. The Bertz CT molecular complexity index is 361. The molecule has 2 N–H and O–H groups in total. The fourth-order valence-electron chi connectivity index (χ4n) is 2.22. The van der Waals surface area contributed by atoms with Crippen LogP contribution in [0.4, 0.5) is 4.39 Å². The van der Waals surface area contributed by atoms with Gasteiger partial charge in [0, 0.05) is 6.54 Å². The van der Waals surface area contributed by atoms with Gasteiger partial charge in [-0.05, 0) is 49.3 Å². The summed E-state index contributed by atoms with van der Waals surface area (Å²) >= 11 is 0. The Kier molecular flexibility index (Phi) is 3.67. The fraction of sp³-hybridized carbons (Fsp3) is 0.571. The Labute approximate surface area is 102 Å². The minimum absolute atomic E-state index is 0.147. The third-order valence-corrected chi connectivity index (χ3v) is 3.64. The lowest BCUT2D eigenvalue weighted by molar-refractivity contribution is 0.130. The van der Waals surface area contributed by atoms with Crippen molar-refractivity contribution < 1.29 is 9.13 Å². The Morgan fingerprint density at radius 1 is 1.35 bits per heavy atom. The normalized spacial score (nSPS) is 18.8. The number of methoxy groups -OCH3 is 1. The van der Waals surface area contributed by atoms with Gasteiger partial charge in [-0.1, -0.05) is 12.1 Å². The summed E-state index contributed by atoms with van der Waals surface area (Å²) in [5, 5.41) is 0. The predicted octanol–water partition coefficient (Wildman–Crippen LogP) is 2.70. The van der Waals surface area contributed by atoms with Gasteiger partial charge < -0.3 is 10.5 Å². The van der Waals surface area contributed by atoms with Gasteiger partial charge in [0.15, 0.2) is 0 Å². The van der Waals surface area contributed by atoms with Crippen molar-refractivity contribution in [2.75, 3.05) is 13.7 Å². The molecule has 1 unspecified atom stereocenters. The number of hydrogen-bond donors (Lipinski definition) is 1. The topological polar surface area (TPSA) is 35.2 Å². The zero-order chi connectivity index (χ0) is 12.3. The van der Waals surface area contributed by atoms with Crippen molar-refractivity contribution >= 4 is 0 Å². The molecule has 1 aromatic carbocycles. The number of rotatable bonds is 6. The van der Waals surface area contributed by atoms with Crippen LogP contribution in [0, 0.1) is 5.92 Å². The second-order valence-electron chi connectivity index (χ2n) is 4.86. The molecule has 1 saturated carbocycles. The molecule has 94 valence electrons. The van der Waals surface area contributed by atoms with Crippen LogP contribution in [-0.4, -0.2) is 19.3 Å². The van der Waals surface area contributed by atoms with E-state index in [2.05, 4.69) is 0 Å². The first-order valence-electron chi connectivity index (χ1n) is 6.20. The van der Waals surface area contributed by atoms with Crippen molar-refractivity contribution in [2.45, 2.75) is 31.4 Å². The molecule has 0 aliphatic heterocycles. The van der Waals surface area contributed by atoms with E-state index in [1.54, 1.807) is 7.11 Å². The molecule has 1 atom stereocenters. The first kappa shape index (κ1) is 12.4. The molecule has 0 spiro atoms. The summed E-state index contributed by atoms with van der Waals surface area (Å²) in [6.07, 6.45) is 3.27. The van der Waals surface area contributed by atoms with Crippen LogP contribution < -0.4 is 10.5 Å². The number of alkyl halides is 1. The van der Waals surface area contributed by atoms with Gasteiger partial charge in [-0.2, -0.15) is 0 Å². The van der Waals surface area contributed by atoms with Crippen LogP contribution in [-0.2, 0) is 6.42 Å². The van der Waals surface area contributed by atoms with Crippen LogP contribution in [0.25, 0.3) is 0 Å². The molecular formula is C14H20FNO. The van der Waals surface area contributed by atoms with Gasteiger partial charge in [0.2, 0.25) is 0 Å². The fourth-order valence-corrected chi connectivity index (χ4v) is 2.22. The molecule has 2 nitrogen and oxygen atoms in total. The number of hydrogen-bond acceptors (Lipinski definition) is 2. The van der Waals surface area contributed by atoms with Crippen molar-refractivity contribution in [1.82, 2.24) is 0 Å². The van der Waals surface area contributed by atoms with E-state index in [0.717, 1.165) is 30.6 Å². The molecule has 0 radical (unpaired) electrons. The molecule has 0 aromatic heterocycles. The molecule has 1 aromatic rings. The lowest BCUT2D eigenvalue weighted by Gasteiger charge is -2.23. The molecule has 1 fully saturated rings. The Hall–Kier alpha value is -1.09. The lowest BCUT2D eigenvalue weighted by Crippen LogP contribution is -2.35. The highest BCUT2D eigenvalue weighted by molar-refractivity contribution is 5.27. The van der Waals surface area contributed by atoms with Crippen LogP contribution in [0.5, 0.6) is 5.75 Å². The maximum absolute atomic E-state index is 14.4. The largest absolute Gasteiger partial charge is 0.497 e. The molecule has 0 amide bonds. The van der Waals surface area contributed by atoms with Crippen LogP contribution in [0.15, 0.2) is 24.3 Å². The Morgan fingerprint density at radius 2 is 2.00 bits per heavy atom. The zero-order valence-electron chi connectivity index (χ0n) is 10.3. The Morgan fingerprint density at radius 3 is 2.47 bits per heavy atom. The summed E-state index contributed by atoms with van der Waals surface area (Å²) in [6, 6.07) is 7.80. The summed E-state index contributed by atoms with van der Waals surface area (Å²) in [5.41, 5.74) is 5.55. The van der Waals surface area contributed by atoms with Crippen LogP contribution in [0.1, 0.15) is 24.8 Å². The molecule has 2 rings (SSSR count). The Balaban J connectivity index is 1.91. The summed E-state index contributed by atoms with van der Waals surface area (Å²) in [6.45, 7) is 0.147. The minimum atomic E-state index is -1.15. The van der Waals surface area contributed by atoms with Crippen molar-refractivity contribution in [1.29, 1.82) is 0 Å². The molecule has 1 aliphatic rings. The van der Waals surface area contributed by atoms with Gasteiger partial charge in [-0.25, -0.2) is 4.39 Å². The van der Waals surface area contributed by atoms with Crippen molar-refractivity contribution in [3.63, 3.8) is 0 Å². The van der Waals surface area contributed by atoms with Gasteiger partial charge in [-0.3, -0.25) is 0 Å². The van der Waals surface area contributed by atoms with Gasteiger partial charge >= 0.3 is 0 Å². The highest BCUT2D eigenvalue weighted by Crippen LogP contribution is 2.44. The van der Waals surface area contributed by atoms with Crippen LogP contribution in [0.2, 0.25) is 0 Å². The SMILES string of the molecule is COc1ccc(CCC(F)(CN)C2CC2)cc1. The molecule has 0 heterocycles. The van der Waals surface area contributed by atoms with E-state index in [4.69, 9.17) is 10.5 Å². The highest BCUT2D eigenvalue weighted by atomic mass is 19.1. The van der Waals surface area contributed by atoms with E-state index < -0.39 is 5.67 Å². The predicted molar refractivity (Wildman–Crippen MR) is 66.9 cm³/mol. The third-order valence-electron chi connectivity index (χ3n) is 3.64. The molecule has 0 bridgehead atoms. The van der Waals surface area contributed by atoms with E-state index in [1.807, 2.05) is 24.3 Å². The number of benzene rings is 1. The van der Waals surface area contributed by atoms with Gasteiger partial charge in [0.25, 0.3) is 0 Å². The highest BCUT2D eigenvalue weighted by Gasteiger charge is 2.44. The van der Waals surface area contributed by atoms with E-state index in [-0.39, 0.29) is 12.5 Å². The van der Waals surface area contributed by atoms with Gasteiger partial charge in [-0.15, -0.1) is 0 Å². The number of halogens is 1. The van der Waals surface area contributed by atoms with E-state index in [9.17, 15) is 4.39 Å². The first-order valence-corrected chi connectivity index (χ1v) is 6.20. The van der Waals surface area contributed by atoms with Gasteiger partial charge in [0.05, 0.1) is 7.11 Å². The maximum Gasteiger partial charge on any atom is 0.126 e. The number of aryl methyl sites for hydroxylation is 1. The smallest absolute Gasteiger partial charge is 0.126 e. The van der Waals surface area contributed by atoms with E-state index >= 15 is 0 Å². The van der Waals surface area contributed by atoms with E-state index in [0.29, 0.717) is 6.42 Å². The second kappa shape index (κ2) is 5.05. The average molecular weight is 237 g/mol. The quantitative estimate of drug-likeness (QED) is 0.825. The molecular weight excluding hydrogens is 217 g/mol. The standard InChI is InChI=1S/C14H20FNO/c1-17-13-6-2-11(3-7-13)8-9-14(15,10-16)12-4-5-12/h2-3,6-7,12H,4-5,8-10,16H2,1H3. The van der Waals surface area contributed by atoms with E-state index in [1.165, 1.54) is 0 Å².